The largest absolute Gasteiger partial charge is 0.497 e. The topological polar surface area (TPSA) is 81.5 Å². The van der Waals surface area contributed by atoms with E-state index in [1.807, 2.05) is 37.3 Å². The van der Waals surface area contributed by atoms with E-state index in [9.17, 15) is 9.59 Å². The SMILES string of the molecule is COc1ccc2c(CC(=O)O[C@H](C)C(=O)c3c(C)[nH]c4ccccc34)coc2c1. The molecule has 2 heterocycles. The molecule has 1 N–H and O–H groups in total. The van der Waals surface area contributed by atoms with Crippen LogP contribution in [0.3, 0.4) is 0 Å². The zero-order valence-corrected chi connectivity index (χ0v) is 16.4. The lowest BCUT2D eigenvalue weighted by Crippen LogP contribution is -2.25. The van der Waals surface area contributed by atoms with E-state index >= 15 is 0 Å². The van der Waals surface area contributed by atoms with Crippen LogP contribution in [0.5, 0.6) is 5.75 Å². The number of carbonyl (C=O) groups is 2. The lowest BCUT2D eigenvalue weighted by molar-refractivity contribution is -0.145. The number of fused-ring (bicyclic) bond motifs is 2. The Morgan fingerprint density at radius 3 is 2.72 bits per heavy atom. The van der Waals surface area contributed by atoms with Crippen LogP contribution in [-0.2, 0) is 16.0 Å². The Balaban J connectivity index is 1.49. The van der Waals surface area contributed by atoms with Crippen molar-refractivity contribution in [2.75, 3.05) is 7.11 Å². The van der Waals surface area contributed by atoms with E-state index in [2.05, 4.69) is 4.98 Å². The third kappa shape index (κ3) is 3.49. The molecule has 0 spiro atoms. The second kappa shape index (κ2) is 7.47. The number of hydrogen-bond acceptors (Lipinski definition) is 5. The van der Waals surface area contributed by atoms with E-state index in [0.717, 1.165) is 22.0 Å². The molecule has 0 amide bonds. The monoisotopic (exact) mass is 391 g/mol. The number of hydrogen-bond donors (Lipinski definition) is 1. The summed E-state index contributed by atoms with van der Waals surface area (Å²) in [5, 5.41) is 1.64. The van der Waals surface area contributed by atoms with Gasteiger partial charge in [0.15, 0.2) is 6.10 Å². The van der Waals surface area contributed by atoms with Crippen molar-refractivity contribution in [1.82, 2.24) is 4.98 Å². The molecule has 6 nitrogen and oxygen atoms in total. The predicted molar refractivity (Wildman–Crippen MR) is 109 cm³/mol. The number of methoxy groups -OCH3 is 1. The van der Waals surface area contributed by atoms with Crippen molar-refractivity contribution in [1.29, 1.82) is 0 Å². The highest BCUT2D eigenvalue weighted by Gasteiger charge is 2.25. The molecule has 0 aliphatic rings. The minimum Gasteiger partial charge on any atom is -0.497 e. The minimum absolute atomic E-state index is 0.0177. The van der Waals surface area contributed by atoms with Crippen LogP contribution in [0.4, 0.5) is 0 Å². The molecule has 0 fully saturated rings. The van der Waals surface area contributed by atoms with E-state index in [1.54, 1.807) is 26.2 Å². The first-order valence-electron chi connectivity index (χ1n) is 9.33. The van der Waals surface area contributed by atoms with E-state index in [1.165, 1.54) is 6.26 Å². The van der Waals surface area contributed by atoms with Crippen molar-refractivity contribution in [3.8, 4) is 5.75 Å². The van der Waals surface area contributed by atoms with Crippen LogP contribution in [0, 0.1) is 6.92 Å². The van der Waals surface area contributed by atoms with Crippen molar-refractivity contribution in [3.05, 3.63) is 65.5 Å². The lowest BCUT2D eigenvalue weighted by atomic mass is 10.0. The molecule has 4 rings (SSSR count). The molecule has 4 aromatic rings. The molecule has 0 aliphatic heterocycles. The maximum atomic E-state index is 12.9. The second-order valence-corrected chi connectivity index (χ2v) is 6.97. The number of nitrogens with one attached hydrogen (secondary N) is 1. The predicted octanol–water partition coefficient (Wildman–Crippen LogP) is 4.59. The van der Waals surface area contributed by atoms with Gasteiger partial charge in [-0.3, -0.25) is 9.59 Å². The third-order valence-electron chi connectivity index (χ3n) is 5.02. The normalized spacial score (nSPS) is 12.2. The fourth-order valence-corrected chi connectivity index (χ4v) is 3.57. The van der Waals surface area contributed by atoms with Gasteiger partial charge < -0.3 is 18.9 Å². The Kier molecular flexibility index (Phi) is 4.84. The summed E-state index contributed by atoms with van der Waals surface area (Å²) in [5.41, 5.74) is 3.53. The zero-order chi connectivity index (χ0) is 20.5. The van der Waals surface area contributed by atoms with Crippen LogP contribution in [0.25, 0.3) is 21.9 Å². The van der Waals surface area contributed by atoms with E-state index < -0.39 is 12.1 Å². The van der Waals surface area contributed by atoms with Crippen molar-refractivity contribution in [2.45, 2.75) is 26.4 Å². The van der Waals surface area contributed by atoms with E-state index in [4.69, 9.17) is 13.9 Å². The zero-order valence-electron chi connectivity index (χ0n) is 16.4. The Morgan fingerprint density at radius 1 is 1.14 bits per heavy atom. The minimum atomic E-state index is -0.890. The fourth-order valence-electron chi connectivity index (χ4n) is 3.57. The Morgan fingerprint density at radius 2 is 1.93 bits per heavy atom. The number of aryl methyl sites for hydroxylation is 1. The molecule has 29 heavy (non-hydrogen) atoms. The van der Waals surface area contributed by atoms with Crippen LogP contribution >= 0.6 is 0 Å². The number of H-pyrrole nitrogens is 1. The number of carbonyl (C=O) groups excluding carboxylic acids is 2. The number of esters is 1. The number of aromatic nitrogens is 1. The molecule has 0 saturated carbocycles. The summed E-state index contributed by atoms with van der Waals surface area (Å²) in [6.07, 6.45) is 0.657. The number of ketones is 1. The van der Waals surface area contributed by atoms with Gasteiger partial charge in [-0.1, -0.05) is 18.2 Å². The summed E-state index contributed by atoms with van der Waals surface area (Å²) in [6, 6.07) is 13.0. The molecule has 0 unspecified atom stereocenters. The number of ether oxygens (including phenoxy) is 2. The Hall–Kier alpha value is -3.54. The summed E-state index contributed by atoms with van der Waals surface area (Å²) in [7, 11) is 1.58. The maximum absolute atomic E-state index is 12.9. The van der Waals surface area contributed by atoms with Gasteiger partial charge in [-0.2, -0.15) is 0 Å². The molecular formula is C23H21NO5. The highest BCUT2D eigenvalue weighted by atomic mass is 16.5. The molecule has 0 bridgehead atoms. The summed E-state index contributed by atoms with van der Waals surface area (Å²) in [4.78, 5) is 28.6. The molecule has 148 valence electrons. The van der Waals surface area contributed by atoms with Crippen molar-refractivity contribution < 1.29 is 23.5 Å². The van der Waals surface area contributed by atoms with Crippen LogP contribution in [0.1, 0.15) is 28.5 Å². The van der Waals surface area contributed by atoms with E-state index in [-0.39, 0.29) is 12.2 Å². The molecule has 0 saturated heterocycles. The summed E-state index contributed by atoms with van der Waals surface area (Å²) >= 11 is 0. The smallest absolute Gasteiger partial charge is 0.311 e. The third-order valence-corrected chi connectivity index (χ3v) is 5.02. The van der Waals surface area contributed by atoms with Gasteiger partial charge in [0.05, 0.1) is 19.8 Å². The molecule has 2 aromatic carbocycles. The highest BCUT2D eigenvalue weighted by Crippen LogP contribution is 2.27. The Bertz CT molecular complexity index is 1220. The van der Waals surface area contributed by atoms with Gasteiger partial charge in [-0.15, -0.1) is 0 Å². The molecule has 1 atom stereocenters. The number of benzene rings is 2. The van der Waals surface area contributed by atoms with Crippen molar-refractivity contribution in [3.63, 3.8) is 0 Å². The average molecular weight is 391 g/mol. The number of aromatic amines is 1. The van der Waals surface area contributed by atoms with Crippen LogP contribution < -0.4 is 4.74 Å². The van der Waals surface area contributed by atoms with Gasteiger partial charge >= 0.3 is 5.97 Å². The van der Waals surface area contributed by atoms with Gasteiger partial charge in [-0.25, -0.2) is 0 Å². The standard InChI is InChI=1S/C23H21NO5/c1-13-22(18-6-4-5-7-19(18)24-13)23(26)14(2)29-21(25)10-15-12-28-20-11-16(27-3)8-9-17(15)20/h4-9,11-12,14,24H,10H2,1-3H3/t14-/m1/s1. The van der Waals surface area contributed by atoms with Gasteiger partial charge in [0, 0.05) is 39.2 Å². The number of Topliss-reactive ketones (excluding diaryl/α,β-unsaturated/α-hetero) is 1. The van der Waals surface area contributed by atoms with E-state index in [0.29, 0.717) is 22.5 Å². The fraction of sp³-hybridized carbons (Fsp3) is 0.217. The second-order valence-electron chi connectivity index (χ2n) is 6.97. The van der Waals surface area contributed by atoms with Gasteiger partial charge in [0.2, 0.25) is 5.78 Å². The van der Waals surface area contributed by atoms with Crippen LogP contribution in [0.2, 0.25) is 0 Å². The van der Waals surface area contributed by atoms with Crippen LogP contribution in [0.15, 0.2) is 53.1 Å². The molecule has 0 radical (unpaired) electrons. The first-order valence-corrected chi connectivity index (χ1v) is 9.33. The number of para-hydroxylation sites is 1. The van der Waals surface area contributed by atoms with Gasteiger partial charge in [-0.05, 0) is 32.0 Å². The summed E-state index contributed by atoms with van der Waals surface area (Å²) in [6.45, 7) is 3.44. The molecule has 2 aromatic heterocycles. The quantitative estimate of drug-likeness (QED) is 0.384. The van der Waals surface area contributed by atoms with Gasteiger partial charge in [0.25, 0.3) is 0 Å². The molecule has 0 aliphatic carbocycles. The van der Waals surface area contributed by atoms with Crippen molar-refractivity contribution in [2.24, 2.45) is 0 Å². The van der Waals surface area contributed by atoms with Crippen LogP contribution in [-0.4, -0.2) is 30.0 Å². The summed E-state index contributed by atoms with van der Waals surface area (Å²) in [5.74, 6) is -0.0359. The first kappa shape index (κ1) is 18.8. The van der Waals surface area contributed by atoms with Gasteiger partial charge in [0.1, 0.15) is 11.3 Å². The maximum Gasteiger partial charge on any atom is 0.311 e. The molecule has 6 heteroatoms. The van der Waals surface area contributed by atoms with Crippen molar-refractivity contribution >= 4 is 33.6 Å². The summed E-state index contributed by atoms with van der Waals surface area (Å²) < 4.78 is 16.1. The number of rotatable bonds is 6. The number of furan rings is 1. The Labute approximate surface area is 167 Å². The average Bonchev–Trinajstić information content (AvgIpc) is 3.26. The highest BCUT2D eigenvalue weighted by molar-refractivity contribution is 6.11. The first-order chi connectivity index (χ1) is 14.0. The molecular weight excluding hydrogens is 370 g/mol. The lowest BCUT2D eigenvalue weighted by Gasteiger charge is -2.12.